The number of piperidine rings is 1. The van der Waals surface area contributed by atoms with Crippen LogP contribution in [0.1, 0.15) is 23.2 Å². The Kier molecular flexibility index (Phi) is 4.88. The van der Waals surface area contributed by atoms with Gasteiger partial charge in [-0.2, -0.15) is 0 Å². The van der Waals surface area contributed by atoms with Crippen LogP contribution in [-0.4, -0.2) is 43.3 Å². The standard InChI is InChI=1S/C15H16ClN3O4S/c16-14-2-1-13(9-17-14)24(21,22)18-12-3-6-19(7-4-12)15(20)11-5-8-23-10-11/h1-2,5,8-10,12,18H,3-4,6-7H2. The number of likely N-dealkylation sites (tertiary alicyclic amines) is 1. The number of pyridine rings is 1. The van der Waals surface area contributed by atoms with Crippen molar-refractivity contribution in [3.8, 4) is 0 Å². The summed E-state index contributed by atoms with van der Waals surface area (Å²) in [4.78, 5) is 17.8. The van der Waals surface area contributed by atoms with Crippen LogP contribution < -0.4 is 4.72 Å². The fraction of sp³-hybridized carbons (Fsp3) is 0.333. The number of sulfonamides is 1. The molecule has 1 saturated heterocycles. The topological polar surface area (TPSA) is 92.5 Å². The van der Waals surface area contributed by atoms with E-state index in [9.17, 15) is 13.2 Å². The van der Waals surface area contributed by atoms with E-state index in [1.807, 2.05) is 0 Å². The number of aromatic nitrogens is 1. The Labute approximate surface area is 144 Å². The molecular formula is C15H16ClN3O4S. The van der Waals surface area contributed by atoms with Crippen molar-refractivity contribution in [2.45, 2.75) is 23.8 Å². The lowest BCUT2D eigenvalue weighted by atomic mass is 10.1. The molecule has 0 spiro atoms. The molecule has 1 N–H and O–H groups in total. The highest BCUT2D eigenvalue weighted by atomic mass is 35.5. The average molecular weight is 370 g/mol. The molecule has 1 amide bonds. The van der Waals surface area contributed by atoms with Crippen molar-refractivity contribution in [2.75, 3.05) is 13.1 Å². The van der Waals surface area contributed by atoms with Gasteiger partial charge in [-0.15, -0.1) is 0 Å². The average Bonchev–Trinajstić information content (AvgIpc) is 3.09. The van der Waals surface area contributed by atoms with E-state index in [-0.39, 0.29) is 22.0 Å². The molecule has 0 aliphatic carbocycles. The summed E-state index contributed by atoms with van der Waals surface area (Å²) in [6.07, 6.45) is 5.18. The van der Waals surface area contributed by atoms with E-state index in [0.29, 0.717) is 31.5 Å². The molecule has 1 fully saturated rings. The second kappa shape index (κ2) is 6.92. The van der Waals surface area contributed by atoms with Crippen molar-refractivity contribution < 1.29 is 17.6 Å². The number of hydrogen-bond acceptors (Lipinski definition) is 5. The van der Waals surface area contributed by atoms with Gasteiger partial charge in [-0.25, -0.2) is 18.1 Å². The highest BCUT2D eigenvalue weighted by Gasteiger charge is 2.27. The summed E-state index contributed by atoms with van der Waals surface area (Å²) in [5.41, 5.74) is 0.501. The lowest BCUT2D eigenvalue weighted by Gasteiger charge is -2.32. The molecule has 1 aliphatic rings. The van der Waals surface area contributed by atoms with Crippen LogP contribution in [0.25, 0.3) is 0 Å². The summed E-state index contributed by atoms with van der Waals surface area (Å²) in [6.45, 7) is 0.964. The fourth-order valence-electron chi connectivity index (χ4n) is 2.58. The molecule has 7 nitrogen and oxygen atoms in total. The summed E-state index contributed by atoms with van der Waals surface area (Å²) in [6, 6.07) is 4.24. The minimum absolute atomic E-state index is 0.0730. The quantitative estimate of drug-likeness (QED) is 0.831. The van der Waals surface area contributed by atoms with E-state index in [4.69, 9.17) is 16.0 Å². The molecule has 2 aromatic rings. The van der Waals surface area contributed by atoms with Crippen LogP contribution >= 0.6 is 11.6 Å². The zero-order chi connectivity index (χ0) is 17.2. The summed E-state index contributed by atoms with van der Waals surface area (Å²) in [5, 5.41) is 0.236. The number of hydrogen-bond donors (Lipinski definition) is 1. The van der Waals surface area contributed by atoms with E-state index in [1.165, 1.54) is 30.9 Å². The summed E-state index contributed by atoms with van der Waals surface area (Å²) in [5.74, 6) is -0.105. The number of nitrogens with one attached hydrogen (secondary N) is 1. The molecule has 0 bridgehead atoms. The van der Waals surface area contributed by atoms with E-state index in [0.717, 1.165) is 0 Å². The van der Waals surface area contributed by atoms with Crippen molar-refractivity contribution in [1.82, 2.24) is 14.6 Å². The van der Waals surface area contributed by atoms with Crippen molar-refractivity contribution in [3.63, 3.8) is 0 Å². The zero-order valence-electron chi connectivity index (χ0n) is 12.7. The van der Waals surface area contributed by atoms with E-state index >= 15 is 0 Å². The van der Waals surface area contributed by atoms with Crippen molar-refractivity contribution in [2.24, 2.45) is 0 Å². The molecule has 3 heterocycles. The molecule has 3 rings (SSSR count). The van der Waals surface area contributed by atoms with Gasteiger partial charge < -0.3 is 9.32 Å². The predicted octanol–water partition coefficient (Wildman–Crippen LogP) is 1.91. The fourth-order valence-corrected chi connectivity index (χ4v) is 3.94. The Balaban J connectivity index is 1.59. The number of amides is 1. The van der Waals surface area contributed by atoms with Crippen molar-refractivity contribution in [1.29, 1.82) is 0 Å². The van der Waals surface area contributed by atoms with Gasteiger partial charge in [0.25, 0.3) is 5.91 Å². The molecule has 0 atom stereocenters. The SMILES string of the molecule is O=C(c1ccoc1)N1CCC(NS(=O)(=O)c2ccc(Cl)nc2)CC1. The van der Waals surface area contributed by atoms with Crippen LogP contribution in [0.3, 0.4) is 0 Å². The molecule has 0 aromatic carbocycles. The Hall–Kier alpha value is -1.90. The summed E-state index contributed by atoms with van der Waals surface area (Å²) < 4.78 is 32.2. The third-order valence-corrected chi connectivity index (χ3v) is 5.61. The molecule has 24 heavy (non-hydrogen) atoms. The largest absolute Gasteiger partial charge is 0.472 e. The van der Waals surface area contributed by atoms with E-state index in [1.54, 1.807) is 11.0 Å². The van der Waals surface area contributed by atoms with Gasteiger partial charge >= 0.3 is 0 Å². The van der Waals surface area contributed by atoms with Crippen LogP contribution in [0.5, 0.6) is 0 Å². The number of rotatable bonds is 4. The van der Waals surface area contributed by atoms with Crippen molar-refractivity contribution >= 4 is 27.5 Å². The smallest absolute Gasteiger partial charge is 0.257 e. The first-order valence-electron chi connectivity index (χ1n) is 7.41. The third-order valence-electron chi connectivity index (χ3n) is 3.88. The van der Waals surface area contributed by atoms with Gasteiger partial charge in [0.1, 0.15) is 16.3 Å². The van der Waals surface area contributed by atoms with Gasteiger partial charge in [0.05, 0.1) is 11.8 Å². The Morgan fingerprint density at radius 2 is 2.04 bits per heavy atom. The molecule has 0 unspecified atom stereocenters. The van der Waals surface area contributed by atoms with E-state index < -0.39 is 10.0 Å². The first kappa shape index (κ1) is 16.9. The third kappa shape index (κ3) is 3.77. The molecule has 9 heteroatoms. The molecule has 0 radical (unpaired) electrons. The highest BCUT2D eigenvalue weighted by Crippen LogP contribution is 2.17. The van der Waals surface area contributed by atoms with Gasteiger partial charge in [-0.05, 0) is 31.0 Å². The maximum Gasteiger partial charge on any atom is 0.257 e. The monoisotopic (exact) mass is 369 g/mol. The van der Waals surface area contributed by atoms with Gasteiger partial charge in [0.2, 0.25) is 10.0 Å². The van der Waals surface area contributed by atoms with Gasteiger partial charge in [0.15, 0.2) is 0 Å². The van der Waals surface area contributed by atoms with Gasteiger partial charge in [-0.1, -0.05) is 11.6 Å². The number of carbonyl (C=O) groups excluding carboxylic acids is 1. The number of furan rings is 1. The minimum atomic E-state index is -3.65. The second-order valence-corrected chi connectivity index (χ2v) is 7.62. The summed E-state index contributed by atoms with van der Waals surface area (Å²) in [7, 11) is -3.65. The van der Waals surface area contributed by atoms with E-state index in [2.05, 4.69) is 9.71 Å². The number of halogens is 1. The normalized spacial score (nSPS) is 16.3. The van der Waals surface area contributed by atoms with Crippen LogP contribution in [-0.2, 0) is 10.0 Å². The van der Waals surface area contributed by atoms with Gasteiger partial charge in [-0.3, -0.25) is 4.79 Å². The molecule has 1 aliphatic heterocycles. The Morgan fingerprint density at radius 3 is 2.62 bits per heavy atom. The number of nitrogens with zero attached hydrogens (tertiary/aromatic N) is 2. The Morgan fingerprint density at radius 1 is 1.29 bits per heavy atom. The van der Waals surface area contributed by atoms with Crippen LogP contribution in [0.4, 0.5) is 0 Å². The van der Waals surface area contributed by atoms with Gasteiger partial charge in [0, 0.05) is 25.3 Å². The first-order valence-corrected chi connectivity index (χ1v) is 9.27. The zero-order valence-corrected chi connectivity index (χ0v) is 14.3. The molecule has 128 valence electrons. The van der Waals surface area contributed by atoms with Crippen LogP contribution in [0, 0.1) is 0 Å². The lowest BCUT2D eigenvalue weighted by molar-refractivity contribution is 0.0710. The lowest BCUT2D eigenvalue weighted by Crippen LogP contribution is -2.46. The summed E-state index contributed by atoms with van der Waals surface area (Å²) >= 11 is 5.67. The highest BCUT2D eigenvalue weighted by molar-refractivity contribution is 7.89. The Bertz CT molecular complexity index is 798. The maximum atomic E-state index is 12.3. The maximum absolute atomic E-state index is 12.3. The first-order chi connectivity index (χ1) is 11.5. The van der Waals surface area contributed by atoms with Crippen molar-refractivity contribution in [3.05, 3.63) is 47.6 Å². The predicted molar refractivity (Wildman–Crippen MR) is 87.2 cm³/mol. The minimum Gasteiger partial charge on any atom is -0.472 e. The van der Waals surface area contributed by atoms with Crippen LogP contribution in [0.2, 0.25) is 5.15 Å². The number of carbonyl (C=O) groups is 1. The molecular weight excluding hydrogens is 354 g/mol. The molecule has 2 aromatic heterocycles. The molecule has 0 saturated carbocycles. The second-order valence-electron chi connectivity index (χ2n) is 5.52. The van der Waals surface area contributed by atoms with Crippen LogP contribution in [0.15, 0.2) is 46.2 Å².